The Hall–Kier alpha value is -1.91. The lowest BCUT2D eigenvalue weighted by atomic mass is 10.0. The highest BCUT2D eigenvalue weighted by atomic mass is 16.2. The molecular weight excluding hydrogens is 262 g/mol. The van der Waals surface area contributed by atoms with Crippen LogP contribution in [0.1, 0.15) is 31.4 Å². The smallest absolute Gasteiger partial charge is 0.237 e. The minimum atomic E-state index is -0.468. The van der Waals surface area contributed by atoms with E-state index in [1.54, 1.807) is 0 Å². The van der Waals surface area contributed by atoms with Crippen molar-refractivity contribution in [1.82, 2.24) is 5.32 Å². The quantitative estimate of drug-likeness (QED) is 0.760. The molecule has 2 aromatic rings. The van der Waals surface area contributed by atoms with Crippen LogP contribution in [0.15, 0.2) is 42.5 Å². The van der Waals surface area contributed by atoms with Gasteiger partial charge in [0.25, 0.3) is 0 Å². The van der Waals surface area contributed by atoms with Crippen molar-refractivity contribution in [2.75, 3.05) is 6.54 Å². The maximum atomic E-state index is 12.0. The van der Waals surface area contributed by atoms with Gasteiger partial charge in [0.1, 0.15) is 0 Å². The van der Waals surface area contributed by atoms with Crippen molar-refractivity contribution in [2.45, 2.75) is 31.8 Å². The van der Waals surface area contributed by atoms with Gasteiger partial charge in [-0.05, 0) is 28.8 Å². The molecule has 0 radical (unpaired) electrons. The fraction of sp³-hybridized carbons (Fsp3) is 0.353. The van der Waals surface area contributed by atoms with Crippen molar-refractivity contribution in [3.63, 3.8) is 0 Å². The number of nitrogens with two attached hydrogens (primary N) is 2. The van der Waals surface area contributed by atoms with Gasteiger partial charge in [-0.2, -0.15) is 0 Å². The Labute approximate surface area is 125 Å². The molecule has 0 saturated heterocycles. The third-order valence-corrected chi connectivity index (χ3v) is 3.66. The Balaban J connectivity index is 2.17. The number of carbonyl (C=O) groups is 1. The van der Waals surface area contributed by atoms with Crippen molar-refractivity contribution in [3.8, 4) is 0 Å². The van der Waals surface area contributed by atoms with E-state index in [0.29, 0.717) is 13.0 Å². The summed E-state index contributed by atoms with van der Waals surface area (Å²) < 4.78 is 0. The molecule has 0 spiro atoms. The molecule has 4 nitrogen and oxygen atoms in total. The molecule has 0 fully saturated rings. The molecule has 112 valence electrons. The van der Waals surface area contributed by atoms with E-state index < -0.39 is 6.04 Å². The number of hydrogen-bond donors (Lipinski definition) is 3. The highest BCUT2D eigenvalue weighted by molar-refractivity contribution is 5.84. The van der Waals surface area contributed by atoms with Gasteiger partial charge in [-0.3, -0.25) is 4.79 Å². The van der Waals surface area contributed by atoms with Gasteiger partial charge in [0.15, 0.2) is 0 Å². The molecule has 0 heterocycles. The first-order valence-corrected chi connectivity index (χ1v) is 7.40. The maximum Gasteiger partial charge on any atom is 0.237 e. The summed E-state index contributed by atoms with van der Waals surface area (Å²) in [4.78, 5) is 12.0. The van der Waals surface area contributed by atoms with E-state index in [4.69, 9.17) is 11.5 Å². The Bertz CT molecular complexity index is 612. The van der Waals surface area contributed by atoms with Crippen LogP contribution in [0.5, 0.6) is 0 Å². The Morgan fingerprint density at radius 3 is 2.57 bits per heavy atom. The van der Waals surface area contributed by atoms with E-state index in [2.05, 4.69) is 23.5 Å². The molecule has 0 aliphatic heterocycles. The van der Waals surface area contributed by atoms with Crippen LogP contribution in [-0.2, 0) is 4.79 Å². The molecule has 2 atom stereocenters. The summed E-state index contributed by atoms with van der Waals surface area (Å²) in [5.74, 6) is -0.138. The third-order valence-electron chi connectivity index (χ3n) is 3.66. The fourth-order valence-corrected chi connectivity index (χ4v) is 2.42. The molecule has 0 bridgehead atoms. The monoisotopic (exact) mass is 285 g/mol. The number of benzene rings is 2. The molecule has 0 aromatic heterocycles. The zero-order valence-electron chi connectivity index (χ0n) is 12.4. The topological polar surface area (TPSA) is 81.1 Å². The molecular formula is C17H23N3O. The van der Waals surface area contributed by atoms with Crippen molar-refractivity contribution >= 4 is 16.7 Å². The van der Waals surface area contributed by atoms with E-state index in [1.807, 2.05) is 31.2 Å². The molecule has 2 rings (SSSR count). The highest BCUT2D eigenvalue weighted by Crippen LogP contribution is 2.20. The second-order valence-corrected chi connectivity index (χ2v) is 5.30. The molecule has 1 amide bonds. The van der Waals surface area contributed by atoms with Gasteiger partial charge in [-0.1, -0.05) is 49.7 Å². The van der Waals surface area contributed by atoms with Crippen LogP contribution in [0.3, 0.4) is 0 Å². The normalized spacial score (nSPS) is 13.9. The highest BCUT2D eigenvalue weighted by Gasteiger charge is 2.18. The summed E-state index contributed by atoms with van der Waals surface area (Å²) in [6.45, 7) is 2.36. The first-order chi connectivity index (χ1) is 10.2. The summed E-state index contributed by atoms with van der Waals surface area (Å²) in [6.07, 6.45) is 1.57. The molecule has 4 heteroatoms. The van der Waals surface area contributed by atoms with Gasteiger partial charge in [0.2, 0.25) is 5.91 Å². The summed E-state index contributed by atoms with van der Waals surface area (Å²) in [5.41, 5.74) is 12.7. The standard InChI is InChI=1S/C17H23N3O/c1-2-5-15(19)17(21)20-16(11-18)14-9-8-12-6-3-4-7-13(12)10-14/h3-4,6-10,15-16H,2,5,11,18-19H2,1H3,(H,20,21). The van der Waals surface area contributed by atoms with Gasteiger partial charge in [-0.15, -0.1) is 0 Å². The second-order valence-electron chi connectivity index (χ2n) is 5.30. The second kappa shape index (κ2) is 7.20. The molecule has 5 N–H and O–H groups in total. The number of nitrogens with one attached hydrogen (secondary N) is 1. The van der Waals surface area contributed by atoms with E-state index in [-0.39, 0.29) is 11.9 Å². The summed E-state index contributed by atoms with van der Waals surface area (Å²) in [6, 6.07) is 13.6. The lowest BCUT2D eigenvalue weighted by Crippen LogP contribution is -2.43. The summed E-state index contributed by atoms with van der Waals surface area (Å²) in [7, 11) is 0. The lowest BCUT2D eigenvalue weighted by Gasteiger charge is -2.20. The molecule has 0 saturated carbocycles. The SMILES string of the molecule is CCCC(N)C(=O)NC(CN)c1ccc2ccccc2c1. The van der Waals surface area contributed by atoms with Gasteiger partial charge >= 0.3 is 0 Å². The Kier molecular flexibility index (Phi) is 5.31. The molecule has 0 aliphatic rings. The van der Waals surface area contributed by atoms with Gasteiger partial charge in [0.05, 0.1) is 12.1 Å². The average Bonchev–Trinajstić information content (AvgIpc) is 2.52. The average molecular weight is 285 g/mol. The molecule has 2 unspecified atom stereocenters. The third kappa shape index (κ3) is 3.80. The van der Waals surface area contributed by atoms with Gasteiger partial charge in [-0.25, -0.2) is 0 Å². The largest absolute Gasteiger partial charge is 0.347 e. The summed E-state index contributed by atoms with van der Waals surface area (Å²) in [5, 5.41) is 5.25. The van der Waals surface area contributed by atoms with Crippen molar-refractivity contribution in [2.24, 2.45) is 11.5 Å². The predicted molar refractivity (Wildman–Crippen MR) is 86.8 cm³/mol. The molecule has 2 aromatic carbocycles. The van der Waals surface area contributed by atoms with Gasteiger partial charge in [0, 0.05) is 6.54 Å². The zero-order valence-corrected chi connectivity index (χ0v) is 12.4. The minimum absolute atomic E-state index is 0.138. The van der Waals surface area contributed by atoms with Crippen LogP contribution < -0.4 is 16.8 Å². The first-order valence-electron chi connectivity index (χ1n) is 7.40. The predicted octanol–water partition coefficient (Wildman–Crippen LogP) is 2.08. The molecule has 0 aliphatic carbocycles. The number of fused-ring (bicyclic) bond motifs is 1. The van der Waals surface area contributed by atoms with E-state index in [1.165, 1.54) is 5.39 Å². The fourth-order valence-electron chi connectivity index (χ4n) is 2.42. The van der Waals surface area contributed by atoms with Crippen LogP contribution in [0.25, 0.3) is 10.8 Å². The van der Waals surface area contributed by atoms with Crippen molar-refractivity contribution < 1.29 is 4.79 Å². The van der Waals surface area contributed by atoms with Gasteiger partial charge < -0.3 is 16.8 Å². The lowest BCUT2D eigenvalue weighted by molar-refractivity contribution is -0.123. The number of hydrogen-bond acceptors (Lipinski definition) is 3. The number of carbonyl (C=O) groups excluding carboxylic acids is 1. The minimum Gasteiger partial charge on any atom is -0.347 e. The van der Waals surface area contributed by atoms with Crippen molar-refractivity contribution in [1.29, 1.82) is 0 Å². The Morgan fingerprint density at radius 1 is 1.19 bits per heavy atom. The van der Waals surface area contributed by atoms with Crippen LogP contribution in [0.2, 0.25) is 0 Å². The van der Waals surface area contributed by atoms with E-state index in [9.17, 15) is 4.79 Å². The van der Waals surface area contributed by atoms with Crippen LogP contribution >= 0.6 is 0 Å². The molecule has 21 heavy (non-hydrogen) atoms. The van der Waals surface area contributed by atoms with E-state index in [0.717, 1.165) is 17.4 Å². The van der Waals surface area contributed by atoms with Crippen LogP contribution in [-0.4, -0.2) is 18.5 Å². The first kappa shape index (κ1) is 15.5. The number of amides is 1. The Morgan fingerprint density at radius 2 is 1.90 bits per heavy atom. The maximum absolute atomic E-state index is 12.0. The number of rotatable bonds is 6. The van der Waals surface area contributed by atoms with Crippen LogP contribution in [0.4, 0.5) is 0 Å². The van der Waals surface area contributed by atoms with Crippen molar-refractivity contribution in [3.05, 3.63) is 48.0 Å². The zero-order chi connectivity index (χ0) is 15.2. The summed E-state index contributed by atoms with van der Waals surface area (Å²) >= 11 is 0. The van der Waals surface area contributed by atoms with Crippen LogP contribution in [0, 0.1) is 0 Å². The van der Waals surface area contributed by atoms with E-state index >= 15 is 0 Å².